The van der Waals surface area contributed by atoms with E-state index < -0.39 is 14.3 Å². The number of halogens is 2. The summed E-state index contributed by atoms with van der Waals surface area (Å²) in [6.45, 7) is 12.1. The molecule has 13 heteroatoms. The van der Waals surface area contributed by atoms with E-state index in [0.717, 1.165) is 11.4 Å². The van der Waals surface area contributed by atoms with Crippen LogP contribution in [0.15, 0.2) is 55.1 Å². The van der Waals surface area contributed by atoms with Gasteiger partial charge >= 0.3 is 0 Å². The summed E-state index contributed by atoms with van der Waals surface area (Å²) in [5.74, 6) is 1.27. The molecule has 41 heavy (non-hydrogen) atoms. The first-order valence-electron chi connectivity index (χ1n) is 13.5. The van der Waals surface area contributed by atoms with Gasteiger partial charge in [-0.05, 0) is 59.9 Å². The Balaban J connectivity index is 1.44. The minimum absolute atomic E-state index is 0.0855. The Kier molecular flexibility index (Phi) is 7.99. The minimum Gasteiger partial charge on any atom is -0.417 e. The summed E-state index contributed by atoms with van der Waals surface area (Å²) in [6, 6.07) is 8.87. The molecule has 5 aromatic heterocycles. The molecule has 0 aliphatic heterocycles. The Morgan fingerprint density at radius 2 is 1.88 bits per heavy atom. The maximum absolute atomic E-state index is 15.8. The van der Waals surface area contributed by atoms with Crippen LogP contribution in [0, 0.1) is 5.95 Å². The highest BCUT2D eigenvalue weighted by Gasteiger charge is 2.37. The first kappa shape index (κ1) is 28.9. The highest BCUT2D eigenvalue weighted by Crippen LogP contribution is 2.37. The zero-order chi connectivity index (χ0) is 29.4. The first-order chi connectivity index (χ1) is 19.4. The van der Waals surface area contributed by atoms with Crippen LogP contribution >= 0.6 is 11.6 Å². The molecule has 5 aromatic rings. The minimum atomic E-state index is -1.96. The summed E-state index contributed by atoms with van der Waals surface area (Å²) in [6.07, 6.45) is 7.34. The van der Waals surface area contributed by atoms with Crippen molar-refractivity contribution >= 4 is 37.2 Å². The number of aryl methyl sites for hydroxylation is 1. The number of rotatable bonds is 10. The van der Waals surface area contributed by atoms with Crippen molar-refractivity contribution in [2.24, 2.45) is 7.05 Å². The average Bonchev–Trinajstić information content (AvgIpc) is 3.63. The lowest BCUT2D eigenvalue weighted by Crippen LogP contribution is -2.41. The van der Waals surface area contributed by atoms with Crippen molar-refractivity contribution in [1.29, 1.82) is 0 Å². The number of nitrogens with one attached hydrogen (secondary N) is 1. The smallest absolute Gasteiger partial charge is 0.201 e. The van der Waals surface area contributed by atoms with Gasteiger partial charge in [0.1, 0.15) is 17.5 Å². The van der Waals surface area contributed by atoms with E-state index in [1.54, 1.807) is 34.2 Å². The van der Waals surface area contributed by atoms with Gasteiger partial charge in [-0.1, -0.05) is 32.4 Å². The van der Waals surface area contributed by atoms with E-state index in [-0.39, 0.29) is 11.0 Å². The van der Waals surface area contributed by atoms with Gasteiger partial charge < -0.3 is 9.74 Å². The molecule has 5 rings (SSSR count). The lowest BCUT2D eigenvalue weighted by atomic mass is 10.0. The Bertz CT molecular complexity index is 1660. The first-order valence-corrected chi connectivity index (χ1v) is 16.8. The molecular formula is C28H35ClFN9OSi. The SMILES string of the molecule is Cn1nccc1Nc1cc(-c2cc(F)n3c(C(CCO[Si](C)(C)C(C)(C)C)Cn4cc(Cl)cn4)nnc3c2)ccn1. The standard InChI is InChI=1S/C28H35ClFN9OSi/c1-28(2,3)41(5,6)40-12-9-20(17-38-18-22(29)16-33-38)27-36-35-26-15-21(13-23(30)39(26)27)19-7-10-31-24(14-19)34-25-8-11-32-37(25)4/h7-8,10-11,13-16,18,20H,9,12,17H2,1-6H3,(H,31,34). The Labute approximate surface area is 244 Å². The fraction of sp³-hybridized carbons (Fsp3) is 0.393. The van der Waals surface area contributed by atoms with Gasteiger partial charge in [0.15, 0.2) is 14.0 Å². The summed E-state index contributed by atoms with van der Waals surface area (Å²) in [7, 11) is -0.119. The fourth-order valence-corrected chi connectivity index (χ4v) is 5.59. The van der Waals surface area contributed by atoms with E-state index in [4.69, 9.17) is 16.0 Å². The van der Waals surface area contributed by atoms with E-state index in [9.17, 15) is 0 Å². The van der Waals surface area contributed by atoms with Gasteiger partial charge in [-0.25, -0.2) is 4.98 Å². The third-order valence-electron chi connectivity index (χ3n) is 7.77. The predicted molar refractivity (Wildman–Crippen MR) is 160 cm³/mol. The lowest BCUT2D eigenvalue weighted by Gasteiger charge is -2.36. The topological polar surface area (TPSA) is 100.0 Å². The summed E-state index contributed by atoms with van der Waals surface area (Å²) < 4.78 is 27.2. The van der Waals surface area contributed by atoms with E-state index in [1.807, 2.05) is 31.3 Å². The van der Waals surface area contributed by atoms with Crippen LogP contribution in [-0.4, -0.2) is 54.1 Å². The zero-order valence-corrected chi connectivity index (χ0v) is 25.9. The molecule has 216 valence electrons. The van der Waals surface area contributed by atoms with Crippen LogP contribution in [0.1, 0.15) is 38.9 Å². The molecule has 1 N–H and O–H groups in total. The molecular weight excluding hydrogens is 561 g/mol. The summed E-state index contributed by atoms with van der Waals surface area (Å²) >= 11 is 6.13. The molecule has 0 bridgehead atoms. The van der Waals surface area contributed by atoms with Crippen molar-refractivity contribution in [3.05, 3.63) is 71.9 Å². The van der Waals surface area contributed by atoms with Crippen molar-refractivity contribution in [1.82, 2.24) is 39.1 Å². The molecule has 0 aliphatic rings. The van der Waals surface area contributed by atoms with Gasteiger partial charge in [0.25, 0.3) is 0 Å². The molecule has 1 atom stereocenters. The maximum Gasteiger partial charge on any atom is 0.201 e. The monoisotopic (exact) mass is 595 g/mol. The summed E-state index contributed by atoms with van der Waals surface area (Å²) in [4.78, 5) is 4.39. The number of hydrogen-bond acceptors (Lipinski definition) is 7. The van der Waals surface area contributed by atoms with E-state index in [0.29, 0.717) is 47.4 Å². The van der Waals surface area contributed by atoms with Crippen molar-refractivity contribution in [3.63, 3.8) is 0 Å². The highest BCUT2D eigenvalue weighted by atomic mass is 35.5. The second-order valence-electron chi connectivity index (χ2n) is 11.7. The highest BCUT2D eigenvalue weighted by molar-refractivity contribution is 6.74. The van der Waals surface area contributed by atoms with Crippen molar-refractivity contribution in [2.45, 2.75) is 57.8 Å². The molecule has 0 saturated heterocycles. The van der Waals surface area contributed by atoms with Crippen LogP contribution in [0.2, 0.25) is 23.2 Å². The van der Waals surface area contributed by atoms with Crippen LogP contribution in [0.3, 0.4) is 0 Å². The zero-order valence-electron chi connectivity index (χ0n) is 24.1. The van der Waals surface area contributed by atoms with E-state index >= 15 is 4.39 Å². The van der Waals surface area contributed by atoms with Gasteiger partial charge in [-0.2, -0.15) is 14.6 Å². The molecule has 0 aliphatic carbocycles. The van der Waals surface area contributed by atoms with Gasteiger partial charge in [0, 0.05) is 38.0 Å². The quantitative estimate of drug-likeness (QED) is 0.146. The molecule has 0 amide bonds. The predicted octanol–water partition coefficient (Wildman–Crippen LogP) is 6.45. The number of aromatic nitrogens is 8. The van der Waals surface area contributed by atoms with Crippen LogP contribution in [-0.2, 0) is 18.0 Å². The van der Waals surface area contributed by atoms with Gasteiger partial charge in [0.2, 0.25) is 5.95 Å². The van der Waals surface area contributed by atoms with Crippen LogP contribution < -0.4 is 5.32 Å². The number of pyridine rings is 2. The molecule has 0 aromatic carbocycles. The Hall–Kier alpha value is -3.61. The molecule has 0 radical (unpaired) electrons. The number of nitrogens with zero attached hydrogens (tertiary/aromatic N) is 8. The Morgan fingerprint density at radius 3 is 2.56 bits per heavy atom. The van der Waals surface area contributed by atoms with Gasteiger partial charge in [0.05, 0.1) is 24.0 Å². The van der Waals surface area contributed by atoms with Crippen LogP contribution in [0.4, 0.5) is 16.0 Å². The van der Waals surface area contributed by atoms with Crippen LogP contribution in [0.5, 0.6) is 0 Å². The second-order valence-corrected chi connectivity index (χ2v) is 16.9. The maximum atomic E-state index is 15.8. The second kappa shape index (κ2) is 11.3. The van der Waals surface area contributed by atoms with Crippen molar-refractivity contribution < 1.29 is 8.82 Å². The van der Waals surface area contributed by atoms with Gasteiger partial charge in [-0.3, -0.25) is 13.8 Å². The van der Waals surface area contributed by atoms with Crippen molar-refractivity contribution in [2.75, 3.05) is 11.9 Å². The molecule has 1 unspecified atom stereocenters. The lowest BCUT2D eigenvalue weighted by molar-refractivity contribution is 0.261. The van der Waals surface area contributed by atoms with Crippen molar-refractivity contribution in [3.8, 4) is 11.1 Å². The molecule has 5 heterocycles. The third-order valence-corrected chi connectivity index (χ3v) is 12.5. The largest absolute Gasteiger partial charge is 0.417 e. The fourth-order valence-electron chi connectivity index (χ4n) is 4.37. The number of anilines is 2. The third kappa shape index (κ3) is 6.34. The average molecular weight is 596 g/mol. The Morgan fingerprint density at radius 1 is 1.07 bits per heavy atom. The molecule has 0 spiro atoms. The molecule has 10 nitrogen and oxygen atoms in total. The van der Waals surface area contributed by atoms with E-state index in [2.05, 4.69) is 64.6 Å². The number of hydrogen-bond donors (Lipinski definition) is 1. The van der Waals surface area contributed by atoms with Gasteiger partial charge in [-0.15, -0.1) is 10.2 Å². The number of fused-ring (bicyclic) bond motifs is 1. The summed E-state index contributed by atoms with van der Waals surface area (Å²) in [5, 5.41) is 21.2. The normalized spacial score (nSPS) is 13.2. The summed E-state index contributed by atoms with van der Waals surface area (Å²) in [5.41, 5.74) is 1.88. The molecule has 0 fully saturated rings. The molecule has 0 saturated carbocycles. The van der Waals surface area contributed by atoms with Crippen LogP contribution in [0.25, 0.3) is 16.8 Å². The van der Waals surface area contributed by atoms with E-state index in [1.165, 1.54) is 10.5 Å².